The van der Waals surface area contributed by atoms with E-state index in [4.69, 9.17) is 4.74 Å². The van der Waals surface area contributed by atoms with Crippen molar-refractivity contribution in [3.8, 4) is 5.75 Å². The third-order valence-electron chi connectivity index (χ3n) is 2.55. The van der Waals surface area contributed by atoms with Gasteiger partial charge in [-0.25, -0.2) is 0 Å². The van der Waals surface area contributed by atoms with Gasteiger partial charge in [0.15, 0.2) is 0 Å². The van der Waals surface area contributed by atoms with Crippen molar-refractivity contribution in [1.29, 1.82) is 0 Å². The molecule has 0 aromatic heterocycles. The van der Waals surface area contributed by atoms with E-state index < -0.39 is 0 Å². The van der Waals surface area contributed by atoms with Gasteiger partial charge < -0.3 is 15.4 Å². The molecule has 4 heteroatoms. The van der Waals surface area contributed by atoms with E-state index in [9.17, 15) is 4.79 Å². The zero-order valence-corrected chi connectivity index (χ0v) is 11.3. The van der Waals surface area contributed by atoms with Crippen LogP contribution in [0.2, 0.25) is 0 Å². The number of rotatable bonds is 7. The van der Waals surface area contributed by atoms with Crippen molar-refractivity contribution in [3.05, 3.63) is 29.8 Å². The zero-order chi connectivity index (χ0) is 13.4. The molecule has 0 aliphatic heterocycles. The molecule has 0 saturated carbocycles. The molecule has 0 unspecified atom stereocenters. The molecule has 1 amide bonds. The van der Waals surface area contributed by atoms with Crippen molar-refractivity contribution in [2.45, 2.75) is 32.9 Å². The first kappa shape index (κ1) is 14.5. The van der Waals surface area contributed by atoms with Gasteiger partial charge in [0.25, 0.3) is 0 Å². The first-order valence-electron chi connectivity index (χ1n) is 6.25. The normalized spacial score (nSPS) is 10.4. The number of amides is 1. The lowest BCUT2D eigenvalue weighted by Crippen LogP contribution is -2.30. The number of carbonyl (C=O) groups is 1. The number of carbonyl (C=O) groups excluding carboxylic acids is 1. The Labute approximate surface area is 109 Å². The van der Waals surface area contributed by atoms with Crippen LogP contribution in [-0.4, -0.2) is 25.6 Å². The van der Waals surface area contributed by atoms with Crippen LogP contribution >= 0.6 is 0 Å². The van der Waals surface area contributed by atoms with Gasteiger partial charge in [-0.2, -0.15) is 0 Å². The van der Waals surface area contributed by atoms with Crippen molar-refractivity contribution in [2.24, 2.45) is 0 Å². The summed E-state index contributed by atoms with van der Waals surface area (Å²) < 4.78 is 5.07. The fourth-order valence-electron chi connectivity index (χ4n) is 1.51. The Morgan fingerprint density at radius 1 is 1.28 bits per heavy atom. The monoisotopic (exact) mass is 250 g/mol. The van der Waals surface area contributed by atoms with Crippen LogP contribution in [0.15, 0.2) is 24.3 Å². The molecule has 0 radical (unpaired) electrons. The van der Waals surface area contributed by atoms with Crippen LogP contribution in [0.4, 0.5) is 0 Å². The molecular formula is C14H22N2O2. The molecule has 0 fully saturated rings. The molecule has 0 heterocycles. The second-order valence-electron chi connectivity index (χ2n) is 4.48. The van der Waals surface area contributed by atoms with E-state index in [2.05, 4.69) is 24.5 Å². The summed E-state index contributed by atoms with van der Waals surface area (Å²) in [5.41, 5.74) is 1.07. The summed E-state index contributed by atoms with van der Waals surface area (Å²) in [6.07, 6.45) is 0.508. The van der Waals surface area contributed by atoms with Crippen LogP contribution in [-0.2, 0) is 11.3 Å². The van der Waals surface area contributed by atoms with E-state index in [0.29, 0.717) is 25.6 Å². The minimum Gasteiger partial charge on any atom is -0.497 e. The molecule has 1 rings (SSSR count). The van der Waals surface area contributed by atoms with Gasteiger partial charge in [-0.15, -0.1) is 0 Å². The fourth-order valence-corrected chi connectivity index (χ4v) is 1.51. The van der Waals surface area contributed by atoms with Gasteiger partial charge in [0, 0.05) is 25.6 Å². The standard InChI is InChI=1S/C14H22N2O2/c1-11(2)15-9-8-14(17)16-10-12-4-6-13(18-3)7-5-12/h4-7,11,15H,8-10H2,1-3H3,(H,16,17). The summed E-state index contributed by atoms with van der Waals surface area (Å²) in [5.74, 6) is 0.894. The van der Waals surface area contributed by atoms with E-state index in [1.54, 1.807) is 7.11 Å². The minimum atomic E-state index is 0.0685. The molecular weight excluding hydrogens is 228 g/mol. The Balaban J connectivity index is 2.24. The molecule has 0 atom stereocenters. The molecule has 0 bridgehead atoms. The Morgan fingerprint density at radius 3 is 2.50 bits per heavy atom. The Hall–Kier alpha value is -1.55. The summed E-state index contributed by atoms with van der Waals surface area (Å²) >= 11 is 0. The lowest BCUT2D eigenvalue weighted by molar-refractivity contribution is -0.121. The SMILES string of the molecule is COc1ccc(CNC(=O)CCNC(C)C)cc1. The van der Waals surface area contributed by atoms with Crippen LogP contribution in [0.5, 0.6) is 5.75 Å². The van der Waals surface area contributed by atoms with Gasteiger partial charge in [-0.1, -0.05) is 26.0 Å². The Kier molecular flexibility index (Phi) is 6.22. The molecule has 100 valence electrons. The number of ether oxygens (including phenoxy) is 1. The third kappa shape index (κ3) is 5.68. The minimum absolute atomic E-state index is 0.0685. The third-order valence-corrected chi connectivity index (χ3v) is 2.55. The number of hydrogen-bond acceptors (Lipinski definition) is 3. The molecule has 2 N–H and O–H groups in total. The van der Waals surface area contributed by atoms with E-state index in [1.165, 1.54) is 0 Å². The lowest BCUT2D eigenvalue weighted by atomic mass is 10.2. The fraction of sp³-hybridized carbons (Fsp3) is 0.500. The zero-order valence-electron chi connectivity index (χ0n) is 11.3. The van der Waals surface area contributed by atoms with Gasteiger partial charge in [-0.05, 0) is 17.7 Å². The van der Waals surface area contributed by atoms with Crippen molar-refractivity contribution in [2.75, 3.05) is 13.7 Å². The van der Waals surface area contributed by atoms with E-state index in [-0.39, 0.29) is 5.91 Å². The number of nitrogens with one attached hydrogen (secondary N) is 2. The molecule has 0 saturated heterocycles. The maximum atomic E-state index is 11.5. The van der Waals surface area contributed by atoms with Crippen LogP contribution < -0.4 is 15.4 Å². The Bertz CT molecular complexity index is 361. The predicted octanol–water partition coefficient (Wildman–Crippen LogP) is 1.70. The summed E-state index contributed by atoms with van der Waals surface area (Å²) in [4.78, 5) is 11.5. The average molecular weight is 250 g/mol. The highest BCUT2D eigenvalue weighted by molar-refractivity contribution is 5.76. The van der Waals surface area contributed by atoms with Crippen molar-refractivity contribution >= 4 is 5.91 Å². The lowest BCUT2D eigenvalue weighted by Gasteiger charge is -2.09. The number of hydrogen-bond donors (Lipinski definition) is 2. The van der Waals surface area contributed by atoms with Crippen molar-refractivity contribution < 1.29 is 9.53 Å². The van der Waals surface area contributed by atoms with Gasteiger partial charge in [-0.3, -0.25) is 4.79 Å². The van der Waals surface area contributed by atoms with Crippen LogP contribution in [0.1, 0.15) is 25.8 Å². The highest BCUT2D eigenvalue weighted by atomic mass is 16.5. The van der Waals surface area contributed by atoms with Crippen LogP contribution in [0.25, 0.3) is 0 Å². The summed E-state index contributed by atoms with van der Waals surface area (Å²) in [6.45, 7) is 5.40. The van der Waals surface area contributed by atoms with E-state index in [1.807, 2.05) is 24.3 Å². The van der Waals surface area contributed by atoms with Crippen LogP contribution in [0, 0.1) is 0 Å². The highest BCUT2D eigenvalue weighted by Gasteiger charge is 2.02. The predicted molar refractivity (Wildman–Crippen MR) is 72.6 cm³/mol. The summed E-state index contributed by atoms with van der Waals surface area (Å²) in [6, 6.07) is 8.10. The first-order chi connectivity index (χ1) is 8.61. The second kappa shape index (κ2) is 7.71. The summed E-state index contributed by atoms with van der Waals surface area (Å²) in [7, 11) is 1.64. The van der Waals surface area contributed by atoms with E-state index in [0.717, 1.165) is 11.3 Å². The second-order valence-corrected chi connectivity index (χ2v) is 4.48. The molecule has 0 aliphatic carbocycles. The van der Waals surface area contributed by atoms with Gasteiger partial charge in [0.05, 0.1) is 7.11 Å². The summed E-state index contributed by atoms with van der Waals surface area (Å²) in [5, 5.41) is 6.10. The Morgan fingerprint density at radius 2 is 1.94 bits per heavy atom. The number of benzene rings is 1. The smallest absolute Gasteiger partial charge is 0.221 e. The highest BCUT2D eigenvalue weighted by Crippen LogP contribution is 2.10. The van der Waals surface area contributed by atoms with Crippen molar-refractivity contribution in [1.82, 2.24) is 10.6 Å². The molecule has 1 aromatic rings. The molecule has 0 aliphatic rings. The maximum Gasteiger partial charge on any atom is 0.221 e. The van der Waals surface area contributed by atoms with Gasteiger partial charge in [0.2, 0.25) is 5.91 Å². The van der Waals surface area contributed by atoms with E-state index >= 15 is 0 Å². The van der Waals surface area contributed by atoms with Crippen LogP contribution in [0.3, 0.4) is 0 Å². The molecule has 4 nitrogen and oxygen atoms in total. The van der Waals surface area contributed by atoms with Gasteiger partial charge in [0.1, 0.15) is 5.75 Å². The molecule has 0 spiro atoms. The molecule has 1 aromatic carbocycles. The quantitative estimate of drug-likeness (QED) is 0.774. The number of methoxy groups -OCH3 is 1. The first-order valence-corrected chi connectivity index (χ1v) is 6.25. The largest absolute Gasteiger partial charge is 0.497 e. The topological polar surface area (TPSA) is 50.4 Å². The van der Waals surface area contributed by atoms with Crippen molar-refractivity contribution in [3.63, 3.8) is 0 Å². The average Bonchev–Trinajstić information content (AvgIpc) is 2.36. The van der Waals surface area contributed by atoms with Gasteiger partial charge >= 0.3 is 0 Å². The maximum absolute atomic E-state index is 11.5. The molecule has 18 heavy (non-hydrogen) atoms.